The first-order valence-electron chi connectivity index (χ1n) is 9.69. The molecule has 0 spiro atoms. The van der Waals surface area contributed by atoms with Crippen molar-refractivity contribution in [2.75, 3.05) is 46.9 Å². The Kier molecular flexibility index (Phi) is 7.51. The van der Waals surface area contributed by atoms with Crippen molar-refractivity contribution in [1.82, 2.24) is 15.1 Å². The molecular formula is C22H29N3O2S. The molecule has 0 bridgehead atoms. The summed E-state index contributed by atoms with van der Waals surface area (Å²) in [6.45, 7) is 5.82. The summed E-state index contributed by atoms with van der Waals surface area (Å²) in [4.78, 5) is 4.75. The van der Waals surface area contributed by atoms with E-state index in [4.69, 9.17) is 21.7 Å². The summed E-state index contributed by atoms with van der Waals surface area (Å²) in [6, 6.07) is 16.7. The number of benzene rings is 2. The van der Waals surface area contributed by atoms with Crippen LogP contribution in [-0.2, 0) is 13.0 Å². The second kappa shape index (κ2) is 10.3. The summed E-state index contributed by atoms with van der Waals surface area (Å²) in [5.41, 5.74) is 2.56. The van der Waals surface area contributed by atoms with Crippen LogP contribution < -0.4 is 14.8 Å². The molecule has 0 saturated carbocycles. The maximum Gasteiger partial charge on any atom is 0.169 e. The van der Waals surface area contributed by atoms with Gasteiger partial charge in [-0.2, -0.15) is 0 Å². The minimum Gasteiger partial charge on any atom is -0.493 e. The molecule has 28 heavy (non-hydrogen) atoms. The smallest absolute Gasteiger partial charge is 0.169 e. The van der Waals surface area contributed by atoms with Crippen LogP contribution in [0.25, 0.3) is 0 Å². The van der Waals surface area contributed by atoms with Crippen LogP contribution in [0, 0.1) is 0 Å². The molecule has 3 rings (SSSR count). The zero-order valence-electron chi connectivity index (χ0n) is 16.7. The van der Waals surface area contributed by atoms with Gasteiger partial charge in [0.1, 0.15) is 0 Å². The van der Waals surface area contributed by atoms with Crippen LogP contribution in [0.1, 0.15) is 11.1 Å². The van der Waals surface area contributed by atoms with E-state index in [1.807, 2.05) is 12.1 Å². The molecular weight excluding hydrogens is 370 g/mol. The van der Waals surface area contributed by atoms with Crippen LogP contribution in [0.5, 0.6) is 11.5 Å². The van der Waals surface area contributed by atoms with Gasteiger partial charge in [-0.1, -0.05) is 36.4 Å². The predicted molar refractivity (Wildman–Crippen MR) is 117 cm³/mol. The van der Waals surface area contributed by atoms with Crippen molar-refractivity contribution in [3.63, 3.8) is 0 Å². The van der Waals surface area contributed by atoms with E-state index in [0.29, 0.717) is 0 Å². The summed E-state index contributed by atoms with van der Waals surface area (Å²) in [5.74, 6) is 1.51. The van der Waals surface area contributed by atoms with Crippen molar-refractivity contribution in [3.8, 4) is 11.5 Å². The molecule has 1 N–H and O–H groups in total. The minimum absolute atomic E-state index is 0.753. The molecule has 0 atom stereocenters. The number of nitrogens with one attached hydrogen (secondary N) is 1. The van der Waals surface area contributed by atoms with Gasteiger partial charge in [-0.05, 0) is 41.9 Å². The number of hydrogen-bond donors (Lipinski definition) is 1. The zero-order chi connectivity index (χ0) is 19.8. The number of methoxy groups -OCH3 is 2. The van der Waals surface area contributed by atoms with Gasteiger partial charge in [0, 0.05) is 39.3 Å². The summed E-state index contributed by atoms with van der Waals surface area (Å²) < 4.78 is 10.7. The summed E-state index contributed by atoms with van der Waals surface area (Å²) in [6.07, 6.45) is 0.883. The minimum atomic E-state index is 0.753. The van der Waals surface area contributed by atoms with Gasteiger partial charge in [0.05, 0.1) is 14.2 Å². The highest BCUT2D eigenvalue weighted by molar-refractivity contribution is 7.80. The van der Waals surface area contributed by atoms with E-state index in [0.717, 1.165) is 62.3 Å². The number of hydrogen-bond acceptors (Lipinski definition) is 4. The van der Waals surface area contributed by atoms with Crippen LogP contribution >= 0.6 is 12.2 Å². The lowest BCUT2D eigenvalue weighted by molar-refractivity contribution is 0.174. The fourth-order valence-electron chi connectivity index (χ4n) is 3.41. The molecule has 0 amide bonds. The normalized spacial score (nSPS) is 14.6. The van der Waals surface area contributed by atoms with Crippen molar-refractivity contribution in [1.29, 1.82) is 0 Å². The first kappa shape index (κ1) is 20.4. The second-order valence-electron chi connectivity index (χ2n) is 6.92. The van der Waals surface area contributed by atoms with E-state index in [1.54, 1.807) is 14.2 Å². The third kappa shape index (κ3) is 5.59. The van der Waals surface area contributed by atoms with Crippen LogP contribution in [0.2, 0.25) is 0 Å². The average molecular weight is 400 g/mol. The molecule has 2 aromatic rings. The number of rotatable bonds is 7. The second-order valence-corrected chi connectivity index (χ2v) is 7.31. The van der Waals surface area contributed by atoms with E-state index < -0.39 is 0 Å². The van der Waals surface area contributed by atoms with Crippen LogP contribution in [0.15, 0.2) is 48.5 Å². The Bertz CT molecular complexity index is 762. The zero-order valence-corrected chi connectivity index (χ0v) is 17.5. The van der Waals surface area contributed by atoms with Crippen molar-refractivity contribution in [2.24, 2.45) is 0 Å². The number of thiocarbonyl (C=S) groups is 1. The lowest BCUT2D eigenvalue weighted by Gasteiger charge is -2.36. The van der Waals surface area contributed by atoms with Crippen molar-refractivity contribution >= 4 is 17.3 Å². The van der Waals surface area contributed by atoms with Gasteiger partial charge < -0.3 is 19.7 Å². The van der Waals surface area contributed by atoms with E-state index in [1.165, 1.54) is 11.1 Å². The topological polar surface area (TPSA) is 37.0 Å². The molecule has 0 aliphatic carbocycles. The van der Waals surface area contributed by atoms with Gasteiger partial charge in [-0.15, -0.1) is 0 Å². The SMILES string of the molecule is COc1ccc(CCNC(=S)N2CCN(Cc3ccccc3)CC2)cc1OC. The Morgan fingerprint density at radius 2 is 1.64 bits per heavy atom. The molecule has 1 aliphatic heterocycles. The Labute approximate surface area is 173 Å². The Balaban J connectivity index is 1.40. The van der Waals surface area contributed by atoms with Gasteiger partial charge in [-0.3, -0.25) is 4.90 Å². The Morgan fingerprint density at radius 3 is 2.32 bits per heavy atom. The van der Waals surface area contributed by atoms with Gasteiger partial charge in [0.15, 0.2) is 16.6 Å². The Hall–Kier alpha value is -2.31. The summed E-state index contributed by atoms with van der Waals surface area (Å²) in [5, 5.41) is 4.25. The molecule has 0 radical (unpaired) electrons. The monoisotopic (exact) mass is 399 g/mol. The first-order chi connectivity index (χ1) is 13.7. The average Bonchev–Trinajstić information content (AvgIpc) is 2.74. The van der Waals surface area contributed by atoms with Gasteiger partial charge in [-0.25, -0.2) is 0 Å². The molecule has 1 aliphatic rings. The Morgan fingerprint density at radius 1 is 0.929 bits per heavy atom. The van der Waals surface area contributed by atoms with Crippen LogP contribution in [0.3, 0.4) is 0 Å². The van der Waals surface area contributed by atoms with E-state index in [-0.39, 0.29) is 0 Å². The standard InChI is InChI=1S/C22H29N3O2S/c1-26-20-9-8-18(16-21(20)27-2)10-11-23-22(28)25-14-12-24(13-15-25)17-19-6-4-3-5-7-19/h3-9,16H,10-15,17H2,1-2H3,(H,23,28). The highest BCUT2D eigenvalue weighted by atomic mass is 32.1. The lowest BCUT2D eigenvalue weighted by Crippen LogP contribution is -2.51. The van der Waals surface area contributed by atoms with Crippen LogP contribution in [-0.4, -0.2) is 61.9 Å². The molecule has 0 aromatic heterocycles. The fourth-order valence-corrected chi connectivity index (χ4v) is 3.70. The maximum absolute atomic E-state index is 5.60. The van der Waals surface area contributed by atoms with Crippen molar-refractivity contribution in [3.05, 3.63) is 59.7 Å². The largest absolute Gasteiger partial charge is 0.493 e. The highest BCUT2D eigenvalue weighted by Crippen LogP contribution is 2.27. The molecule has 1 fully saturated rings. The third-order valence-electron chi connectivity index (χ3n) is 5.05. The highest BCUT2D eigenvalue weighted by Gasteiger charge is 2.18. The molecule has 5 nitrogen and oxygen atoms in total. The van der Waals surface area contributed by atoms with Crippen molar-refractivity contribution < 1.29 is 9.47 Å². The van der Waals surface area contributed by atoms with E-state index in [9.17, 15) is 0 Å². The first-order valence-corrected chi connectivity index (χ1v) is 10.1. The van der Waals surface area contributed by atoms with E-state index >= 15 is 0 Å². The van der Waals surface area contributed by atoms with Gasteiger partial charge in [0.25, 0.3) is 0 Å². The molecule has 150 valence electrons. The molecule has 2 aromatic carbocycles. The van der Waals surface area contributed by atoms with Crippen LogP contribution in [0.4, 0.5) is 0 Å². The van der Waals surface area contributed by atoms with Gasteiger partial charge >= 0.3 is 0 Å². The number of piperazine rings is 1. The molecule has 0 unspecified atom stereocenters. The quantitative estimate of drug-likeness (QED) is 0.722. The maximum atomic E-state index is 5.60. The van der Waals surface area contributed by atoms with Gasteiger partial charge in [0.2, 0.25) is 0 Å². The molecule has 1 heterocycles. The van der Waals surface area contributed by atoms with E-state index in [2.05, 4.69) is 51.5 Å². The number of ether oxygens (including phenoxy) is 2. The summed E-state index contributed by atoms with van der Waals surface area (Å²) in [7, 11) is 3.31. The molecule has 6 heteroatoms. The van der Waals surface area contributed by atoms with Crippen molar-refractivity contribution in [2.45, 2.75) is 13.0 Å². The predicted octanol–water partition coefficient (Wildman–Crippen LogP) is 2.94. The third-order valence-corrected chi connectivity index (χ3v) is 5.45. The summed E-state index contributed by atoms with van der Waals surface area (Å²) >= 11 is 5.60. The fraction of sp³-hybridized carbons (Fsp3) is 0.409. The molecule has 1 saturated heterocycles. The lowest BCUT2D eigenvalue weighted by atomic mass is 10.1. The number of nitrogens with zero attached hydrogens (tertiary/aromatic N) is 2.